The second-order valence-corrected chi connectivity index (χ2v) is 5.40. The second kappa shape index (κ2) is 6.14. The molecule has 2 N–H and O–H groups in total. The van der Waals surface area contributed by atoms with Crippen molar-refractivity contribution in [1.29, 1.82) is 0 Å². The van der Waals surface area contributed by atoms with Gasteiger partial charge in [-0.15, -0.1) is 0 Å². The lowest BCUT2D eigenvalue weighted by molar-refractivity contribution is 0.0963. The lowest BCUT2D eigenvalue weighted by Crippen LogP contribution is -2.24. The summed E-state index contributed by atoms with van der Waals surface area (Å²) in [6.45, 7) is 0.795. The van der Waals surface area contributed by atoms with Crippen molar-refractivity contribution >= 4 is 5.91 Å². The van der Waals surface area contributed by atoms with Gasteiger partial charge in [0, 0.05) is 37.2 Å². The zero-order valence-electron chi connectivity index (χ0n) is 12.2. The molecule has 1 aliphatic carbocycles. The van der Waals surface area contributed by atoms with Crippen molar-refractivity contribution in [2.45, 2.75) is 31.8 Å². The van der Waals surface area contributed by atoms with Crippen LogP contribution in [-0.2, 0) is 13.0 Å². The molecule has 1 amide bonds. The number of carbonyl (C=O) groups excluding carboxylic acids is 1. The van der Waals surface area contributed by atoms with E-state index < -0.39 is 0 Å². The lowest BCUT2D eigenvalue weighted by atomic mass is 9.93. The van der Waals surface area contributed by atoms with Crippen molar-refractivity contribution in [2.75, 3.05) is 7.05 Å². The normalized spacial score (nSPS) is 17.3. The molecule has 4 heteroatoms. The zero-order chi connectivity index (χ0) is 14.7. The van der Waals surface area contributed by atoms with E-state index in [4.69, 9.17) is 4.42 Å². The lowest BCUT2D eigenvalue weighted by Gasteiger charge is -2.22. The summed E-state index contributed by atoms with van der Waals surface area (Å²) in [6.07, 6.45) is 5.13. The summed E-state index contributed by atoms with van der Waals surface area (Å²) >= 11 is 0. The van der Waals surface area contributed by atoms with E-state index in [2.05, 4.69) is 16.7 Å². The van der Waals surface area contributed by atoms with Gasteiger partial charge in [0.25, 0.3) is 5.91 Å². The molecule has 2 aromatic rings. The Bertz CT molecular complexity index is 616. The van der Waals surface area contributed by atoms with Crippen LogP contribution in [0.1, 0.15) is 46.1 Å². The van der Waals surface area contributed by atoms with Crippen LogP contribution in [0.4, 0.5) is 0 Å². The fraction of sp³-hybridized carbons (Fsp3) is 0.353. The summed E-state index contributed by atoms with van der Waals surface area (Å²) < 4.78 is 5.51. The average Bonchev–Trinajstić information content (AvgIpc) is 3.02. The number of carbonyl (C=O) groups is 1. The molecule has 0 saturated heterocycles. The van der Waals surface area contributed by atoms with Crippen molar-refractivity contribution in [3.63, 3.8) is 0 Å². The smallest absolute Gasteiger partial charge is 0.251 e. The monoisotopic (exact) mass is 284 g/mol. The van der Waals surface area contributed by atoms with Crippen molar-refractivity contribution in [3.05, 3.63) is 59.0 Å². The Balaban J connectivity index is 1.62. The van der Waals surface area contributed by atoms with Gasteiger partial charge in [0.05, 0.1) is 6.26 Å². The predicted molar refractivity (Wildman–Crippen MR) is 81.1 cm³/mol. The van der Waals surface area contributed by atoms with Crippen LogP contribution in [0.5, 0.6) is 0 Å². The Morgan fingerprint density at radius 2 is 2.10 bits per heavy atom. The van der Waals surface area contributed by atoms with Crippen LogP contribution >= 0.6 is 0 Å². The number of fused-ring (bicyclic) bond motifs is 1. The van der Waals surface area contributed by atoms with E-state index >= 15 is 0 Å². The maximum absolute atomic E-state index is 11.5. The number of rotatable bonds is 4. The highest BCUT2D eigenvalue weighted by Crippen LogP contribution is 2.30. The molecule has 0 aliphatic heterocycles. The van der Waals surface area contributed by atoms with Crippen LogP contribution in [0.2, 0.25) is 0 Å². The molecule has 1 aromatic carbocycles. The Labute approximate surface area is 124 Å². The quantitative estimate of drug-likeness (QED) is 0.907. The van der Waals surface area contributed by atoms with E-state index in [1.165, 1.54) is 11.1 Å². The van der Waals surface area contributed by atoms with Crippen LogP contribution in [0.3, 0.4) is 0 Å². The molecule has 0 saturated carbocycles. The largest absolute Gasteiger partial charge is 0.469 e. The molecule has 110 valence electrons. The van der Waals surface area contributed by atoms with Gasteiger partial charge < -0.3 is 15.1 Å². The van der Waals surface area contributed by atoms with Crippen LogP contribution in [0.25, 0.3) is 0 Å². The summed E-state index contributed by atoms with van der Waals surface area (Å²) in [5.41, 5.74) is 3.16. The first-order valence-corrected chi connectivity index (χ1v) is 7.38. The van der Waals surface area contributed by atoms with Crippen molar-refractivity contribution < 1.29 is 9.21 Å². The minimum atomic E-state index is -0.0511. The van der Waals surface area contributed by atoms with E-state index in [0.717, 1.165) is 31.6 Å². The molecule has 3 rings (SSSR count). The summed E-state index contributed by atoms with van der Waals surface area (Å²) in [6, 6.07) is 10.2. The van der Waals surface area contributed by atoms with Crippen LogP contribution in [-0.4, -0.2) is 13.0 Å². The Kier molecular flexibility index (Phi) is 4.06. The number of benzene rings is 1. The third-order valence-electron chi connectivity index (χ3n) is 4.05. The second-order valence-electron chi connectivity index (χ2n) is 5.40. The highest BCUT2D eigenvalue weighted by Gasteiger charge is 2.21. The third-order valence-corrected chi connectivity index (χ3v) is 4.05. The van der Waals surface area contributed by atoms with Gasteiger partial charge in [0.15, 0.2) is 0 Å². The van der Waals surface area contributed by atoms with E-state index in [-0.39, 0.29) is 5.91 Å². The Hall–Kier alpha value is -2.07. The third kappa shape index (κ3) is 3.00. The van der Waals surface area contributed by atoms with Gasteiger partial charge in [-0.25, -0.2) is 0 Å². The number of furan rings is 1. The first-order valence-electron chi connectivity index (χ1n) is 7.38. The number of nitrogens with one attached hydrogen (secondary N) is 2. The molecule has 0 spiro atoms. The molecule has 0 radical (unpaired) electrons. The topological polar surface area (TPSA) is 54.3 Å². The van der Waals surface area contributed by atoms with Crippen LogP contribution in [0.15, 0.2) is 41.0 Å². The van der Waals surface area contributed by atoms with E-state index in [1.54, 1.807) is 13.3 Å². The van der Waals surface area contributed by atoms with Gasteiger partial charge in [0.2, 0.25) is 0 Å². The number of hydrogen-bond acceptors (Lipinski definition) is 3. The number of hydrogen-bond donors (Lipinski definition) is 2. The van der Waals surface area contributed by atoms with Gasteiger partial charge in [-0.2, -0.15) is 0 Å². The van der Waals surface area contributed by atoms with Crippen molar-refractivity contribution in [3.8, 4) is 0 Å². The van der Waals surface area contributed by atoms with E-state index in [1.807, 2.05) is 24.3 Å². The Morgan fingerprint density at radius 1 is 1.29 bits per heavy atom. The summed E-state index contributed by atoms with van der Waals surface area (Å²) in [7, 11) is 1.64. The van der Waals surface area contributed by atoms with E-state index in [9.17, 15) is 4.79 Å². The molecule has 0 fully saturated rings. The maximum atomic E-state index is 11.5. The standard InChI is InChI=1S/C17H20N2O2/c1-18-17(20)13-7-5-12(6-8-13)11-19-15-3-2-4-16-14(15)9-10-21-16/h5-10,15,19H,2-4,11H2,1H3,(H,18,20). The van der Waals surface area contributed by atoms with Crippen molar-refractivity contribution in [1.82, 2.24) is 10.6 Å². The molecule has 0 bridgehead atoms. The summed E-state index contributed by atoms with van der Waals surface area (Å²) in [4.78, 5) is 11.5. The fourth-order valence-corrected chi connectivity index (χ4v) is 2.86. The van der Waals surface area contributed by atoms with Crippen LogP contribution < -0.4 is 10.6 Å². The average molecular weight is 284 g/mol. The molecule has 1 unspecified atom stereocenters. The van der Waals surface area contributed by atoms with E-state index in [0.29, 0.717) is 11.6 Å². The highest BCUT2D eigenvalue weighted by atomic mass is 16.3. The fourth-order valence-electron chi connectivity index (χ4n) is 2.86. The first-order chi connectivity index (χ1) is 10.3. The van der Waals surface area contributed by atoms with Gasteiger partial charge in [-0.3, -0.25) is 4.79 Å². The molecule has 4 nitrogen and oxygen atoms in total. The molecule has 1 atom stereocenters. The summed E-state index contributed by atoms with van der Waals surface area (Å²) in [5, 5.41) is 6.21. The molecule has 1 aromatic heterocycles. The van der Waals surface area contributed by atoms with Gasteiger partial charge in [-0.1, -0.05) is 12.1 Å². The SMILES string of the molecule is CNC(=O)c1ccc(CNC2CCCc3occc32)cc1. The van der Waals surface area contributed by atoms with Crippen molar-refractivity contribution in [2.24, 2.45) is 0 Å². The summed E-state index contributed by atoms with van der Waals surface area (Å²) in [5.74, 6) is 1.07. The zero-order valence-corrected chi connectivity index (χ0v) is 12.2. The Morgan fingerprint density at radius 3 is 2.86 bits per heavy atom. The molecule has 21 heavy (non-hydrogen) atoms. The minimum Gasteiger partial charge on any atom is -0.469 e. The van der Waals surface area contributed by atoms with Gasteiger partial charge >= 0.3 is 0 Å². The molecular weight excluding hydrogens is 264 g/mol. The first kappa shape index (κ1) is 13.9. The van der Waals surface area contributed by atoms with Crippen LogP contribution in [0, 0.1) is 0 Å². The molecule has 1 aliphatic rings. The van der Waals surface area contributed by atoms with Gasteiger partial charge in [0.1, 0.15) is 5.76 Å². The maximum Gasteiger partial charge on any atom is 0.251 e. The molecule has 1 heterocycles. The highest BCUT2D eigenvalue weighted by molar-refractivity contribution is 5.93. The minimum absolute atomic E-state index is 0.0511. The van der Waals surface area contributed by atoms with Gasteiger partial charge in [-0.05, 0) is 36.6 Å². The number of aryl methyl sites for hydroxylation is 1. The molecular formula is C17H20N2O2. The predicted octanol–water partition coefficient (Wildman–Crippen LogP) is 2.81. The number of amides is 1.